The molecule has 0 aliphatic carbocycles. The zero-order valence-electron chi connectivity index (χ0n) is 9.37. The molecule has 3 N–H and O–H groups in total. The molecule has 0 bridgehead atoms. The lowest BCUT2D eigenvalue weighted by molar-refractivity contribution is 0.632. The maximum atomic E-state index is 13.5. The molecule has 0 amide bonds. The molecule has 0 fully saturated rings. The van der Waals surface area contributed by atoms with E-state index in [-0.39, 0.29) is 11.9 Å². The van der Waals surface area contributed by atoms with E-state index in [1.807, 2.05) is 6.92 Å². The van der Waals surface area contributed by atoms with Gasteiger partial charge in [0.2, 0.25) is 5.95 Å². The van der Waals surface area contributed by atoms with Gasteiger partial charge in [0.1, 0.15) is 11.3 Å². The minimum atomic E-state index is -0.263. The Bertz CT molecular complexity index is 504. The van der Waals surface area contributed by atoms with Gasteiger partial charge in [0, 0.05) is 19.6 Å². The second-order valence-corrected chi connectivity index (χ2v) is 3.96. The maximum absolute atomic E-state index is 13.5. The van der Waals surface area contributed by atoms with Gasteiger partial charge in [-0.3, -0.25) is 0 Å². The number of aryl methyl sites for hydroxylation is 1. The molecule has 1 aromatic carbocycles. The summed E-state index contributed by atoms with van der Waals surface area (Å²) in [5, 5.41) is 3.09. The van der Waals surface area contributed by atoms with Crippen molar-refractivity contribution >= 4 is 17.0 Å². The van der Waals surface area contributed by atoms with Crippen LogP contribution in [0.1, 0.15) is 6.92 Å². The Hall–Kier alpha value is -1.62. The fraction of sp³-hybridized carbons (Fsp3) is 0.364. The van der Waals surface area contributed by atoms with Gasteiger partial charge in [-0.15, -0.1) is 0 Å². The minimum Gasteiger partial charge on any atom is -0.354 e. The van der Waals surface area contributed by atoms with Gasteiger partial charge in [0.05, 0.1) is 5.52 Å². The highest BCUT2D eigenvalue weighted by molar-refractivity contribution is 5.79. The molecule has 2 aromatic rings. The van der Waals surface area contributed by atoms with Crippen molar-refractivity contribution in [3.63, 3.8) is 0 Å². The number of nitrogens with two attached hydrogens (primary N) is 1. The van der Waals surface area contributed by atoms with Crippen LogP contribution in [0.4, 0.5) is 10.3 Å². The Morgan fingerprint density at radius 3 is 2.94 bits per heavy atom. The largest absolute Gasteiger partial charge is 0.354 e. The van der Waals surface area contributed by atoms with Crippen molar-refractivity contribution in [1.29, 1.82) is 0 Å². The normalized spacial score (nSPS) is 13.0. The minimum absolute atomic E-state index is 0.0321. The highest BCUT2D eigenvalue weighted by atomic mass is 19.1. The van der Waals surface area contributed by atoms with Gasteiger partial charge in [-0.25, -0.2) is 9.37 Å². The number of benzene rings is 1. The second-order valence-electron chi connectivity index (χ2n) is 3.96. The highest BCUT2D eigenvalue weighted by Gasteiger charge is 2.10. The van der Waals surface area contributed by atoms with Crippen molar-refractivity contribution in [3.05, 3.63) is 24.0 Å². The van der Waals surface area contributed by atoms with Crippen LogP contribution in [-0.4, -0.2) is 22.1 Å². The van der Waals surface area contributed by atoms with Gasteiger partial charge in [0.25, 0.3) is 0 Å². The molecule has 0 spiro atoms. The van der Waals surface area contributed by atoms with Crippen molar-refractivity contribution in [2.45, 2.75) is 13.0 Å². The van der Waals surface area contributed by atoms with Crippen LogP contribution in [0.15, 0.2) is 18.2 Å². The van der Waals surface area contributed by atoms with E-state index in [9.17, 15) is 4.39 Å². The molecule has 0 aliphatic rings. The lowest BCUT2D eigenvalue weighted by Gasteiger charge is -2.08. The Morgan fingerprint density at radius 1 is 1.56 bits per heavy atom. The van der Waals surface area contributed by atoms with E-state index in [1.165, 1.54) is 6.07 Å². The van der Waals surface area contributed by atoms with Gasteiger partial charge < -0.3 is 15.6 Å². The van der Waals surface area contributed by atoms with Crippen LogP contribution in [0, 0.1) is 5.82 Å². The van der Waals surface area contributed by atoms with E-state index in [2.05, 4.69) is 10.3 Å². The summed E-state index contributed by atoms with van der Waals surface area (Å²) >= 11 is 0. The number of imidazole rings is 1. The quantitative estimate of drug-likeness (QED) is 0.826. The fourth-order valence-electron chi connectivity index (χ4n) is 1.63. The first kappa shape index (κ1) is 10.9. The van der Waals surface area contributed by atoms with Crippen LogP contribution in [0.3, 0.4) is 0 Å². The van der Waals surface area contributed by atoms with Crippen molar-refractivity contribution in [1.82, 2.24) is 9.55 Å². The van der Waals surface area contributed by atoms with Crippen LogP contribution in [0.5, 0.6) is 0 Å². The number of fused-ring (bicyclic) bond motifs is 1. The first-order valence-electron chi connectivity index (χ1n) is 5.20. The molecular weight excluding hydrogens is 207 g/mol. The summed E-state index contributed by atoms with van der Waals surface area (Å²) in [5.41, 5.74) is 6.80. The van der Waals surface area contributed by atoms with E-state index >= 15 is 0 Å². The molecule has 4 nitrogen and oxygen atoms in total. The summed E-state index contributed by atoms with van der Waals surface area (Å²) < 4.78 is 15.2. The molecule has 5 heteroatoms. The molecule has 1 aromatic heterocycles. The third-order valence-electron chi connectivity index (χ3n) is 2.43. The van der Waals surface area contributed by atoms with Gasteiger partial charge in [-0.1, -0.05) is 6.07 Å². The third-order valence-corrected chi connectivity index (χ3v) is 2.43. The van der Waals surface area contributed by atoms with Gasteiger partial charge in [-0.2, -0.15) is 0 Å². The number of rotatable bonds is 3. The summed E-state index contributed by atoms with van der Waals surface area (Å²) in [6, 6.07) is 4.90. The van der Waals surface area contributed by atoms with E-state index in [1.54, 1.807) is 23.7 Å². The van der Waals surface area contributed by atoms with Crippen LogP contribution in [0.2, 0.25) is 0 Å². The number of hydrogen-bond acceptors (Lipinski definition) is 3. The van der Waals surface area contributed by atoms with Crippen LogP contribution in [0.25, 0.3) is 11.0 Å². The topological polar surface area (TPSA) is 55.9 Å². The van der Waals surface area contributed by atoms with E-state index in [0.29, 0.717) is 23.5 Å². The number of nitrogens with zero attached hydrogens (tertiary/aromatic N) is 2. The Balaban J connectivity index is 2.40. The third kappa shape index (κ3) is 1.86. The number of hydrogen-bond donors (Lipinski definition) is 2. The van der Waals surface area contributed by atoms with Crippen molar-refractivity contribution in [2.75, 3.05) is 11.9 Å². The van der Waals surface area contributed by atoms with Crippen molar-refractivity contribution in [3.8, 4) is 0 Å². The molecule has 1 unspecified atom stereocenters. The summed E-state index contributed by atoms with van der Waals surface area (Å²) in [5.74, 6) is 0.374. The second kappa shape index (κ2) is 4.09. The van der Waals surface area contributed by atoms with E-state index in [4.69, 9.17) is 5.73 Å². The molecular formula is C11H15FN4. The molecule has 2 rings (SSSR count). The van der Waals surface area contributed by atoms with Crippen molar-refractivity contribution in [2.24, 2.45) is 12.8 Å². The molecule has 86 valence electrons. The highest BCUT2D eigenvalue weighted by Crippen LogP contribution is 2.20. The summed E-state index contributed by atoms with van der Waals surface area (Å²) in [6.45, 7) is 2.51. The standard InChI is InChI=1S/C11H15FN4/c1-7(13)6-14-11-15-9-5-3-4-8(12)10(9)16(11)2/h3-5,7H,6,13H2,1-2H3,(H,14,15). The van der Waals surface area contributed by atoms with E-state index < -0.39 is 0 Å². The lowest BCUT2D eigenvalue weighted by Crippen LogP contribution is -2.26. The van der Waals surface area contributed by atoms with Crippen LogP contribution >= 0.6 is 0 Å². The van der Waals surface area contributed by atoms with Crippen molar-refractivity contribution < 1.29 is 4.39 Å². The number of halogens is 1. The number of aromatic nitrogens is 2. The number of nitrogens with one attached hydrogen (secondary N) is 1. The van der Waals surface area contributed by atoms with Gasteiger partial charge in [0.15, 0.2) is 0 Å². The zero-order chi connectivity index (χ0) is 11.7. The molecule has 0 saturated carbocycles. The predicted octanol–water partition coefficient (Wildman–Crippen LogP) is 1.47. The number of para-hydroxylation sites is 1. The zero-order valence-corrected chi connectivity index (χ0v) is 9.37. The monoisotopic (exact) mass is 222 g/mol. The predicted molar refractivity (Wildman–Crippen MR) is 62.8 cm³/mol. The molecule has 16 heavy (non-hydrogen) atoms. The lowest BCUT2D eigenvalue weighted by atomic mass is 10.3. The molecule has 1 atom stereocenters. The Labute approximate surface area is 93.3 Å². The first-order valence-corrected chi connectivity index (χ1v) is 5.20. The Morgan fingerprint density at radius 2 is 2.31 bits per heavy atom. The van der Waals surface area contributed by atoms with E-state index in [0.717, 1.165) is 0 Å². The average Bonchev–Trinajstić information content (AvgIpc) is 2.54. The van der Waals surface area contributed by atoms with Crippen LogP contribution in [-0.2, 0) is 7.05 Å². The summed E-state index contributed by atoms with van der Waals surface area (Å²) in [4.78, 5) is 4.30. The van der Waals surface area contributed by atoms with Crippen LogP contribution < -0.4 is 11.1 Å². The van der Waals surface area contributed by atoms with Gasteiger partial charge >= 0.3 is 0 Å². The number of anilines is 1. The molecule has 0 radical (unpaired) electrons. The fourth-order valence-corrected chi connectivity index (χ4v) is 1.63. The molecule has 1 heterocycles. The first-order chi connectivity index (χ1) is 7.59. The average molecular weight is 222 g/mol. The van der Waals surface area contributed by atoms with Gasteiger partial charge in [-0.05, 0) is 19.1 Å². The smallest absolute Gasteiger partial charge is 0.203 e. The summed E-state index contributed by atoms with van der Waals surface area (Å²) in [6.07, 6.45) is 0. The maximum Gasteiger partial charge on any atom is 0.203 e. The Kier molecular flexibility index (Phi) is 2.78. The summed E-state index contributed by atoms with van der Waals surface area (Å²) in [7, 11) is 1.78. The molecule has 0 saturated heterocycles. The molecule has 0 aliphatic heterocycles. The SMILES string of the molecule is CC(N)CNc1nc2cccc(F)c2n1C.